The highest BCUT2D eigenvalue weighted by molar-refractivity contribution is 5.86. The lowest BCUT2D eigenvalue weighted by atomic mass is 9.80. The fraction of sp³-hybridized carbons (Fsp3) is 0.700. The maximum atomic E-state index is 11.4. The van der Waals surface area contributed by atoms with Crippen LogP contribution < -0.4 is 0 Å². The van der Waals surface area contributed by atoms with E-state index >= 15 is 0 Å². The van der Waals surface area contributed by atoms with Gasteiger partial charge in [0.15, 0.2) is 0 Å². The van der Waals surface area contributed by atoms with Gasteiger partial charge in [0.2, 0.25) is 0 Å². The summed E-state index contributed by atoms with van der Waals surface area (Å²) in [5, 5.41) is 0. The molecule has 0 aliphatic rings. The number of hydrogen-bond acceptors (Lipinski definition) is 1. The molecule has 0 aliphatic carbocycles. The second kappa shape index (κ2) is 3.70. The monoisotopic (exact) mass is 154 g/mol. The first-order valence-corrected chi connectivity index (χ1v) is 4.13. The van der Waals surface area contributed by atoms with Crippen LogP contribution in [0.25, 0.3) is 0 Å². The van der Waals surface area contributed by atoms with Crippen LogP contribution in [0.2, 0.25) is 0 Å². The number of allylic oxidation sites excluding steroid dienone is 2. The summed E-state index contributed by atoms with van der Waals surface area (Å²) >= 11 is 0. The molecule has 1 heteroatoms. The Balaban J connectivity index is 4.58. The van der Waals surface area contributed by atoms with Gasteiger partial charge in [-0.1, -0.05) is 18.6 Å². The highest BCUT2D eigenvalue weighted by Crippen LogP contribution is 2.27. The summed E-state index contributed by atoms with van der Waals surface area (Å²) in [6.45, 7) is 9.85. The average molecular weight is 154 g/mol. The molecule has 0 spiro atoms. The van der Waals surface area contributed by atoms with Gasteiger partial charge < -0.3 is 0 Å². The van der Waals surface area contributed by atoms with Crippen molar-refractivity contribution in [1.29, 1.82) is 0 Å². The largest absolute Gasteiger partial charge is 0.299 e. The van der Waals surface area contributed by atoms with Crippen LogP contribution in [-0.4, -0.2) is 5.78 Å². The summed E-state index contributed by atoms with van der Waals surface area (Å²) in [5.41, 5.74) is 0.896. The molecule has 64 valence electrons. The van der Waals surface area contributed by atoms with Gasteiger partial charge in [0.25, 0.3) is 0 Å². The second-order valence-corrected chi connectivity index (χ2v) is 3.37. The predicted molar refractivity (Wildman–Crippen MR) is 48.5 cm³/mol. The van der Waals surface area contributed by atoms with Crippen molar-refractivity contribution in [3.8, 4) is 0 Å². The lowest BCUT2D eigenvalue weighted by Crippen LogP contribution is -2.24. The van der Waals surface area contributed by atoms with Crippen LogP contribution in [0.4, 0.5) is 0 Å². The Hall–Kier alpha value is -0.590. The molecule has 0 amide bonds. The van der Waals surface area contributed by atoms with Crippen LogP contribution >= 0.6 is 0 Å². The molecule has 0 heterocycles. The number of carbonyl (C=O) groups is 1. The van der Waals surface area contributed by atoms with E-state index in [1.165, 1.54) is 0 Å². The van der Waals surface area contributed by atoms with Gasteiger partial charge in [-0.2, -0.15) is 0 Å². The molecule has 0 bridgehead atoms. The van der Waals surface area contributed by atoms with E-state index < -0.39 is 0 Å². The number of rotatable bonds is 3. The van der Waals surface area contributed by atoms with Gasteiger partial charge in [0.1, 0.15) is 5.78 Å². The molecule has 0 radical (unpaired) electrons. The zero-order valence-corrected chi connectivity index (χ0v) is 8.19. The zero-order valence-electron chi connectivity index (χ0n) is 8.19. The van der Waals surface area contributed by atoms with E-state index in [2.05, 4.69) is 0 Å². The van der Waals surface area contributed by atoms with E-state index in [9.17, 15) is 4.79 Å². The third kappa shape index (κ3) is 2.18. The number of carbonyl (C=O) groups excluding carboxylic acids is 1. The molecule has 11 heavy (non-hydrogen) atoms. The molecule has 0 unspecified atom stereocenters. The summed E-state index contributed by atoms with van der Waals surface area (Å²) in [7, 11) is 0. The Bertz CT molecular complexity index is 175. The van der Waals surface area contributed by atoms with Gasteiger partial charge in [-0.15, -0.1) is 0 Å². The van der Waals surface area contributed by atoms with Crippen molar-refractivity contribution in [2.45, 2.75) is 41.0 Å². The van der Waals surface area contributed by atoms with E-state index in [4.69, 9.17) is 0 Å². The number of hydrogen-bond donors (Lipinski definition) is 0. The summed E-state index contributed by atoms with van der Waals surface area (Å²) < 4.78 is 0. The van der Waals surface area contributed by atoms with E-state index in [1.54, 1.807) is 0 Å². The zero-order chi connectivity index (χ0) is 9.07. The molecule has 0 aromatic carbocycles. The van der Waals surface area contributed by atoms with Crippen molar-refractivity contribution < 1.29 is 4.79 Å². The molecule has 1 nitrogen and oxygen atoms in total. The Morgan fingerprint density at radius 1 is 1.45 bits per heavy atom. The first-order chi connectivity index (χ1) is 4.96. The summed E-state index contributed by atoms with van der Waals surface area (Å²) in [6.07, 6.45) is 2.63. The summed E-state index contributed by atoms with van der Waals surface area (Å²) in [4.78, 5) is 11.4. The highest BCUT2D eigenvalue weighted by Gasteiger charge is 2.26. The Labute approximate surface area is 69.5 Å². The van der Waals surface area contributed by atoms with Gasteiger partial charge >= 0.3 is 0 Å². The van der Waals surface area contributed by atoms with Crippen LogP contribution in [0.5, 0.6) is 0 Å². The van der Waals surface area contributed by atoms with Gasteiger partial charge in [0, 0.05) is 11.8 Å². The SMILES string of the molecule is C/C=C(\C)C(C)(C)C(=O)CC. The predicted octanol–water partition coefficient (Wildman–Crippen LogP) is 2.96. The minimum absolute atomic E-state index is 0.260. The maximum absolute atomic E-state index is 11.4. The first kappa shape index (κ1) is 10.4. The summed E-state index contributed by atoms with van der Waals surface area (Å²) in [5.74, 6) is 0.313. The van der Waals surface area contributed by atoms with E-state index in [0.29, 0.717) is 12.2 Å². The maximum Gasteiger partial charge on any atom is 0.142 e. The van der Waals surface area contributed by atoms with Crippen molar-refractivity contribution >= 4 is 5.78 Å². The molecular formula is C10H18O. The molecule has 0 N–H and O–H groups in total. The fourth-order valence-corrected chi connectivity index (χ4v) is 1.02. The lowest BCUT2D eigenvalue weighted by Gasteiger charge is -2.23. The standard InChI is InChI=1S/C10H18O/c1-6-8(3)10(4,5)9(11)7-2/h6H,7H2,1-5H3/b8-6+. The van der Waals surface area contributed by atoms with Gasteiger partial charge in [-0.25, -0.2) is 0 Å². The Kier molecular flexibility index (Phi) is 3.50. The molecule has 0 saturated carbocycles. The van der Waals surface area contributed by atoms with Gasteiger partial charge in [-0.3, -0.25) is 4.79 Å². The molecule has 0 rings (SSSR count). The molecule has 0 aromatic rings. The quantitative estimate of drug-likeness (QED) is 0.571. The normalized spacial score (nSPS) is 13.4. The lowest BCUT2D eigenvalue weighted by molar-refractivity contribution is -0.125. The fourth-order valence-electron chi connectivity index (χ4n) is 1.02. The Morgan fingerprint density at radius 3 is 2.18 bits per heavy atom. The van der Waals surface area contributed by atoms with E-state index in [0.717, 1.165) is 5.57 Å². The van der Waals surface area contributed by atoms with Crippen molar-refractivity contribution in [2.24, 2.45) is 5.41 Å². The van der Waals surface area contributed by atoms with Crippen molar-refractivity contribution in [1.82, 2.24) is 0 Å². The molecular weight excluding hydrogens is 136 g/mol. The molecule has 0 aliphatic heterocycles. The van der Waals surface area contributed by atoms with Gasteiger partial charge in [-0.05, 0) is 27.7 Å². The molecule has 0 fully saturated rings. The van der Waals surface area contributed by atoms with Crippen molar-refractivity contribution in [2.75, 3.05) is 0 Å². The second-order valence-electron chi connectivity index (χ2n) is 3.37. The molecule has 0 aromatic heterocycles. The topological polar surface area (TPSA) is 17.1 Å². The van der Waals surface area contributed by atoms with Crippen LogP contribution in [0, 0.1) is 5.41 Å². The third-order valence-electron chi connectivity index (χ3n) is 2.44. The smallest absolute Gasteiger partial charge is 0.142 e. The van der Waals surface area contributed by atoms with Crippen LogP contribution in [0.3, 0.4) is 0 Å². The summed E-state index contributed by atoms with van der Waals surface area (Å²) in [6, 6.07) is 0. The van der Waals surface area contributed by atoms with E-state index in [1.807, 2.05) is 40.7 Å². The number of ketones is 1. The molecule has 0 saturated heterocycles. The Morgan fingerprint density at radius 2 is 1.91 bits per heavy atom. The first-order valence-electron chi connectivity index (χ1n) is 4.13. The average Bonchev–Trinajstić information content (AvgIpc) is 2.01. The van der Waals surface area contributed by atoms with Crippen LogP contribution in [0.15, 0.2) is 11.6 Å². The highest BCUT2D eigenvalue weighted by atomic mass is 16.1. The minimum Gasteiger partial charge on any atom is -0.299 e. The third-order valence-corrected chi connectivity index (χ3v) is 2.44. The van der Waals surface area contributed by atoms with Crippen molar-refractivity contribution in [3.63, 3.8) is 0 Å². The van der Waals surface area contributed by atoms with Crippen molar-refractivity contribution in [3.05, 3.63) is 11.6 Å². The minimum atomic E-state index is -0.260. The van der Waals surface area contributed by atoms with Crippen LogP contribution in [-0.2, 0) is 4.79 Å². The van der Waals surface area contributed by atoms with Crippen LogP contribution in [0.1, 0.15) is 41.0 Å². The van der Waals surface area contributed by atoms with E-state index in [-0.39, 0.29) is 5.41 Å². The number of Topliss-reactive ketones (excluding diaryl/α,β-unsaturated/α-hetero) is 1. The van der Waals surface area contributed by atoms with Gasteiger partial charge in [0.05, 0.1) is 0 Å². The molecule has 0 atom stereocenters.